The largest absolute Gasteiger partial charge is 0.456 e. The topological polar surface area (TPSA) is 13.1 Å². The van der Waals surface area contributed by atoms with Gasteiger partial charge in [-0.3, -0.25) is 0 Å². The lowest BCUT2D eigenvalue weighted by Crippen LogP contribution is -1.91. The molecule has 9 aromatic carbocycles. The number of hydrogen-bond acceptors (Lipinski definition) is 1. The summed E-state index contributed by atoms with van der Waals surface area (Å²) in [7, 11) is 0. The highest BCUT2D eigenvalue weighted by Crippen LogP contribution is 2.45. The molecule has 10 rings (SSSR count). The molecular weight excluding hydrogens is 593 g/mol. The molecule has 49 heavy (non-hydrogen) atoms. The van der Waals surface area contributed by atoms with E-state index in [0.717, 1.165) is 0 Å². The van der Waals surface area contributed by atoms with Crippen molar-refractivity contribution in [3.05, 3.63) is 181 Å². The minimum Gasteiger partial charge on any atom is -0.456 e. The standard InChI is InChI=1S/C48H30O/c1-2-10-31(11-3-1)32-18-20-33(21-19-32)34-22-24-36(25-23-34)46-39-14-6-8-16-41(39)47(42-17-9-7-15-40(42)46)37-27-28-44-43(30-37)48-38-13-5-4-12-35(38)26-29-45(48)49-44/h1-30H/i1D,2D,3D,4D,5D,6D,7D,8D,9D,10D,11D,12D,13D,14D,15D,16D,17D,18D,19D,20D,21D,22D,23D,24D,25D,26D,27D,28D,29D,30D. The van der Waals surface area contributed by atoms with Crippen molar-refractivity contribution >= 4 is 54.3 Å². The van der Waals surface area contributed by atoms with Gasteiger partial charge in [0, 0.05) is 10.8 Å². The molecule has 0 fully saturated rings. The van der Waals surface area contributed by atoms with Gasteiger partial charge in [-0.2, -0.15) is 0 Å². The van der Waals surface area contributed by atoms with Gasteiger partial charge in [0.25, 0.3) is 0 Å². The first-order chi connectivity index (χ1) is 36.8. The van der Waals surface area contributed by atoms with E-state index in [0.29, 0.717) is 0 Å². The molecule has 0 aliphatic rings. The SMILES string of the molecule is [2H]c1c([2H])c([2H])c(-c2c([2H])c([2H])c(-c3c([2H])c([2H])c(-c4c5c([2H])c([2H])c([2H])c([2H])c5c(-c5c([2H])c([2H])c6oc7c([2H])c([2H])c8c([2H])c([2H])c([2H])c([2H])c8c7c6c5[2H])c5c([2H])c([2H])c([2H])c([2H])c45)c([2H])c3[2H])c([2H])c2[2H])c([2H])c1[2H]. The summed E-state index contributed by atoms with van der Waals surface area (Å²) in [5, 5.41) is -4.98. The maximum atomic E-state index is 9.89. The third-order valence-corrected chi connectivity index (χ3v) is 7.82. The van der Waals surface area contributed by atoms with Gasteiger partial charge in [0.15, 0.2) is 0 Å². The van der Waals surface area contributed by atoms with E-state index in [1.165, 1.54) is 0 Å². The Balaban J connectivity index is 1.40. The van der Waals surface area contributed by atoms with E-state index in [1.807, 2.05) is 0 Å². The highest BCUT2D eigenvalue weighted by atomic mass is 16.3. The van der Waals surface area contributed by atoms with Crippen molar-refractivity contribution in [3.8, 4) is 44.5 Å². The average molecular weight is 653 g/mol. The fraction of sp³-hybridized carbons (Fsp3) is 0. The number of rotatable bonds is 4. The summed E-state index contributed by atoms with van der Waals surface area (Å²) in [6.45, 7) is 0. The van der Waals surface area contributed by atoms with E-state index >= 15 is 0 Å². The van der Waals surface area contributed by atoms with Crippen molar-refractivity contribution in [2.45, 2.75) is 0 Å². The molecule has 0 aliphatic carbocycles. The van der Waals surface area contributed by atoms with Crippen molar-refractivity contribution < 1.29 is 45.5 Å². The molecule has 0 radical (unpaired) electrons. The van der Waals surface area contributed by atoms with Crippen LogP contribution >= 0.6 is 0 Å². The highest BCUT2D eigenvalue weighted by Gasteiger charge is 2.18. The fourth-order valence-corrected chi connectivity index (χ4v) is 5.70. The van der Waals surface area contributed by atoms with Crippen molar-refractivity contribution in [2.24, 2.45) is 0 Å². The van der Waals surface area contributed by atoms with Crippen LogP contribution in [-0.2, 0) is 0 Å². The lowest BCUT2D eigenvalue weighted by Gasteiger charge is -2.18. The third kappa shape index (κ3) is 4.47. The zero-order valence-electron chi connectivity index (χ0n) is 54.4. The van der Waals surface area contributed by atoms with Crippen molar-refractivity contribution in [3.63, 3.8) is 0 Å². The van der Waals surface area contributed by atoms with E-state index < -0.39 is 280 Å². The number of furan rings is 1. The van der Waals surface area contributed by atoms with Gasteiger partial charge in [-0.15, -0.1) is 0 Å². The quantitative estimate of drug-likeness (QED) is 0.172. The van der Waals surface area contributed by atoms with Gasteiger partial charge in [-0.05, 0) is 95.0 Å². The van der Waals surface area contributed by atoms with E-state index in [2.05, 4.69) is 0 Å². The Kier molecular flexibility index (Phi) is 2.50. The van der Waals surface area contributed by atoms with E-state index in [-0.39, 0.29) is 0 Å². The molecule has 0 bridgehead atoms. The van der Waals surface area contributed by atoms with Crippen molar-refractivity contribution in [1.29, 1.82) is 0 Å². The first kappa shape index (κ1) is 11.1. The van der Waals surface area contributed by atoms with Crippen LogP contribution in [0.15, 0.2) is 186 Å². The molecule has 1 nitrogen and oxygen atoms in total. The van der Waals surface area contributed by atoms with Crippen molar-refractivity contribution in [1.82, 2.24) is 0 Å². The predicted molar refractivity (Wildman–Crippen MR) is 208 cm³/mol. The van der Waals surface area contributed by atoms with Crippen LogP contribution in [0.3, 0.4) is 0 Å². The van der Waals surface area contributed by atoms with Gasteiger partial charge < -0.3 is 4.42 Å². The summed E-state index contributed by atoms with van der Waals surface area (Å²) in [6.07, 6.45) is 0. The van der Waals surface area contributed by atoms with Gasteiger partial charge >= 0.3 is 0 Å². The molecule has 1 aromatic heterocycles. The normalized spacial score (nSPS) is 20.2. The molecule has 0 N–H and O–H groups in total. The fourth-order valence-electron chi connectivity index (χ4n) is 5.70. The third-order valence-electron chi connectivity index (χ3n) is 7.82. The van der Waals surface area contributed by atoms with Crippen LogP contribution in [0.4, 0.5) is 0 Å². The molecule has 1 heterocycles. The Morgan fingerprint density at radius 2 is 0.735 bits per heavy atom. The summed E-state index contributed by atoms with van der Waals surface area (Å²) in [5.74, 6) is 0. The lowest BCUT2D eigenvalue weighted by molar-refractivity contribution is 0.669. The molecular formula is C48H30O. The van der Waals surface area contributed by atoms with Crippen molar-refractivity contribution in [2.75, 3.05) is 0 Å². The van der Waals surface area contributed by atoms with Crippen LogP contribution in [0.25, 0.3) is 98.8 Å². The molecule has 0 unspecified atom stereocenters. The summed E-state index contributed by atoms with van der Waals surface area (Å²) >= 11 is 0. The van der Waals surface area contributed by atoms with Gasteiger partial charge in [-0.25, -0.2) is 0 Å². The van der Waals surface area contributed by atoms with Crippen LogP contribution in [0.2, 0.25) is 0 Å². The van der Waals surface area contributed by atoms with Gasteiger partial charge in [-0.1, -0.05) is 163 Å². The van der Waals surface area contributed by atoms with Crippen LogP contribution < -0.4 is 0 Å². The Labute approximate surface area is 326 Å². The monoisotopic (exact) mass is 652 g/mol. The minimum absolute atomic E-state index is 0.416. The number of benzene rings is 9. The molecule has 228 valence electrons. The lowest BCUT2D eigenvalue weighted by atomic mass is 9.85. The second-order valence-corrected chi connectivity index (χ2v) is 10.5. The Morgan fingerprint density at radius 1 is 0.306 bits per heavy atom. The maximum absolute atomic E-state index is 9.89. The number of hydrogen-bond donors (Lipinski definition) is 0. The summed E-state index contributed by atoms with van der Waals surface area (Å²) in [4.78, 5) is 0. The second-order valence-electron chi connectivity index (χ2n) is 10.5. The average Bonchev–Trinajstić information content (AvgIpc) is 3.90. The number of fused-ring (bicyclic) bond motifs is 7. The van der Waals surface area contributed by atoms with E-state index in [1.54, 1.807) is 0 Å². The van der Waals surface area contributed by atoms with Crippen LogP contribution in [0.5, 0.6) is 0 Å². The molecule has 10 aromatic rings. The van der Waals surface area contributed by atoms with Gasteiger partial charge in [0.1, 0.15) is 11.2 Å². The predicted octanol–water partition coefficient (Wildman–Crippen LogP) is 13.7. The Hall–Kier alpha value is -6.44. The van der Waals surface area contributed by atoms with Gasteiger partial charge in [0.2, 0.25) is 0 Å². The zero-order valence-corrected chi connectivity index (χ0v) is 24.4. The molecule has 0 saturated carbocycles. The highest BCUT2D eigenvalue weighted by molar-refractivity contribution is 6.23. The maximum Gasteiger partial charge on any atom is 0.136 e. The van der Waals surface area contributed by atoms with Crippen LogP contribution in [-0.4, -0.2) is 0 Å². The Morgan fingerprint density at radius 3 is 1.33 bits per heavy atom. The summed E-state index contributed by atoms with van der Waals surface area (Å²) in [5.41, 5.74) is -7.68. The first-order valence-corrected chi connectivity index (χ1v) is 14.4. The van der Waals surface area contributed by atoms with E-state index in [9.17, 15) is 15.1 Å². The summed E-state index contributed by atoms with van der Waals surface area (Å²) in [6, 6.07) is -28.6. The summed E-state index contributed by atoms with van der Waals surface area (Å²) < 4.78 is 275. The molecule has 0 saturated heterocycles. The molecule has 0 atom stereocenters. The first-order valence-electron chi connectivity index (χ1n) is 29.4. The molecule has 0 amide bonds. The second kappa shape index (κ2) is 11.1. The molecule has 1 heteroatoms. The zero-order chi connectivity index (χ0) is 58.4. The minimum atomic E-state index is -1.14. The van der Waals surface area contributed by atoms with E-state index in [4.69, 9.17) is 30.5 Å². The van der Waals surface area contributed by atoms with Crippen LogP contribution in [0, 0.1) is 0 Å². The van der Waals surface area contributed by atoms with Gasteiger partial charge in [0.05, 0.1) is 41.1 Å². The molecule has 0 spiro atoms. The smallest absolute Gasteiger partial charge is 0.136 e. The van der Waals surface area contributed by atoms with Crippen LogP contribution in [0.1, 0.15) is 41.1 Å². The molecule has 0 aliphatic heterocycles. The Bertz CT molecular complexity index is 4430.